The maximum Gasteiger partial charge on any atom is 0.328 e. The molecule has 0 spiro atoms. The minimum Gasteiger partial charge on any atom is -0.467 e. The highest BCUT2D eigenvalue weighted by atomic mass is 16.5. The number of methoxy groups -OCH3 is 1. The quantitative estimate of drug-likeness (QED) is 0.758. The van der Waals surface area contributed by atoms with E-state index in [0.29, 0.717) is 10.7 Å². The molecule has 6 nitrogen and oxygen atoms in total. The normalized spacial score (nSPS) is 15.0. The van der Waals surface area contributed by atoms with Gasteiger partial charge in [0.1, 0.15) is 6.04 Å². The molecule has 1 aromatic carbocycles. The van der Waals surface area contributed by atoms with Gasteiger partial charge in [-0.2, -0.15) is 0 Å². The number of benzene rings is 1. The molecule has 0 aliphatic carbocycles. The Hall–Kier alpha value is -2.24. The van der Waals surface area contributed by atoms with Crippen LogP contribution < -0.4 is 16.0 Å². The van der Waals surface area contributed by atoms with Crippen LogP contribution in [0.25, 0.3) is 0 Å². The molecule has 0 fully saturated rings. The Morgan fingerprint density at radius 2 is 1.75 bits per heavy atom. The van der Waals surface area contributed by atoms with Gasteiger partial charge in [-0.25, -0.2) is 14.8 Å². The Morgan fingerprint density at radius 1 is 1.20 bits per heavy atom. The Bertz CT molecular complexity index is 604. The summed E-state index contributed by atoms with van der Waals surface area (Å²) in [4.78, 5) is 32.2. The average Bonchev–Trinajstić information content (AvgIpc) is 2.87. The summed E-state index contributed by atoms with van der Waals surface area (Å²) in [6.45, 7) is 3.67. The van der Waals surface area contributed by atoms with Gasteiger partial charge < -0.3 is 10.1 Å². The Balaban J connectivity index is 2.14. The van der Waals surface area contributed by atoms with Crippen molar-refractivity contribution in [3.05, 3.63) is 35.0 Å². The summed E-state index contributed by atoms with van der Waals surface area (Å²) >= 11 is 0. The topological polar surface area (TPSA) is 80.1 Å². The van der Waals surface area contributed by atoms with Gasteiger partial charge in [-0.15, -0.1) is 0 Å². The van der Waals surface area contributed by atoms with Crippen LogP contribution in [-0.2, 0) is 14.3 Å². The van der Waals surface area contributed by atoms with Crippen molar-refractivity contribution in [2.75, 3.05) is 7.11 Å². The van der Waals surface area contributed by atoms with Gasteiger partial charge in [-0.3, -0.25) is 4.79 Å². The van der Waals surface area contributed by atoms with Crippen molar-refractivity contribution in [2.45, 2.75) is 26.1 Å². The molecule has 0 radical (unpaired) electrons. The van der Waals surface area contributed by atoms with Gasteiger partial charge in [0.2, 0.25) is 6.17 Å². The van der Waals surface area contributed by atoms with Gasteiger partial charge in [0.25, 0.3) is 5.91 Å². The van der Waals surface area contributed by atoms with Crippen LogP contribution in [0, 0.1) is 5.92 Å². The molecule has 2 rings (SSSR count). The molecule has 6 heteroatoms. The van der Waals surface area contributed by atoms with E-state index in [0.717, 1.165) is 0 Å². The third-order valence-corrected chi connectivity index (χ3v) is 3.06. The van der Waals surface area contributed by atoms with E-state index in [1.165, 1.54) is 7.11 Å². The number of esters is 1. The molecule has 1 heterocycles. The van der Waals surface area contributed by atoms with Crippen molar-refractivity contribution < 1.29 is 14.3 Å². The number of rotatable bonds is 4. The summed E-state index contributed by atoms with van der Waals surface area (Å²) in [5.74, 6) is -0.940. The zero-order chi connectivity index (χ0) is 14.7. The molecule has 1 unspecified atom stereocenters. The number of hydrogen-bond acceptors (Lipinski definition) is 5. The minimum atomic E-state index is -0.835. The molecule has 20 heavy (non-hydrogen) atoms. The monoisotopic (exact) mass is 275 g/mol. The molecule has 1 aromatic rings. The Kier molecular flexibility index (Phi) is 4.12. The number of nitrogens with one attached hydrogen (secondary N) is 1. The first-order valence-corrected chi connectivity index (χ1v) is 6.42. The lowest BCUT2D eigenvalue weighted by Gasteiger charge is -2.20. The van der Waals surface area contributed by atoms with Gasteiger partial charge >= 0.3 is 5.97 Å². The number of hydrogen-bond donors (Lipinski definition) is 1. The molecule has 1 atom stereocenters. The lowest BCUT2D eigenvalue weighted by Crippen LogP contribution is -2.47. The highest BCUT2D eigenvalue weighted by molar-refractivity contribution is 5.87. The summed E-state index contributed by atoms with van der Waals surface area (Å²) in [7, 11) is 1.30. The van der Waals surface area contributed by atoms with Gasteiger partial charge in [0, 0.05) is 0 Å². The summed E-state index contributed by atoms with van der Waals surface area (Å²) in [5.41, 5.74) is 0. The van der Waals surface area contributed by atoms with Crippen molar-refractivity contribution >= 4 is 11.9 Å². The third-order valence-electron chi connectivity index (χ3n) is 3.06. The number of carbonyl (C=O) groups is 2. The second kappa shape index (κ2) is 5.81. The summed E-state index contributed by atoms with van der Waals surface area (Å²) in [5, 5.41) is 4.02. The predicted octanol–water partition coefficient (Wildman–Crippen LogP) is -0.421. The van der Waals surface area contributed by atoms with E-state index in [1.54, 1.807) is 12.1 Å². The van der Waals surface area contributed by atoms with Crippen molar-refractivity contribution in [1.82, 2.24) is 5.32 Å². The summed E-state index contributed by atoms with van der Waals surface area (Å²) < 4.78 is 4.68. The largest absolute Gasteiger partial charge is 0.467 e. The lowest BCUT2D eigenvalue weighted by atomic mass is 10.0. The first-order chi connectivity index (χ1) is 9.52. The molecule has 1 aliphatic heterocycles. The molecule has 0 saturated carbocycles. The molecule has 1 N–H and O–H groups in total. The first kappa shape index (κ1) is 14.2. The zero-order valence-electron chi connectivity index (χ0n) is 11.7. The van der Waals surface area contributed by atoms with Crippen molar-refractivity contribution in [3.63, 3.8) is 0 Å². The van der Waals surface area contributed by atoms with E-state index >= 15 is 0 Å². The second-order valence-corrected chi connectivity index (χ2v) is 4.87. The maximum atomic E-state index is 12.1. The van der Waals surface area contributed by atoms with E-state index in [2.05, 4.69) is 20.0 Å². The smallest absolute Gasteiger partial charge is 0.328 e. The number of para-hydroxylation sites is 2. The number of fused-ring (bicyclic) bond motifs is 1. The summed E-state index contributed by atoms with van der Waals surface area (Å²) in [6, 6.07) is 6.58. The van der Waals surface area contributed by atoms with Crippen molar-refractivity contribution in [3.8, 4) is 0 Å². The van der Waals surface area contributed by atoms with Crippen LogP contribution >= 0.6 is 0 Å². The van der Waals surface area contributed by atoms with Crippen LogP contribution in [0.2, 0.25) is 0 Å². The van der Waals surface area contributed by atoms with E-state index in [9.17, 15) is 9.59 Å². The SMILES string of the molecule is COC(=O)C(NC(=O)C1N=c2ccccc2=N1)C(C)C. The standard InChI is InChI=1S/C14H17N3O3/c1-8(2)11(14(19)20-3)17-13(18)12-15-9-6-4-5-7-10(9)16-12/h4-8,11-12H,1-3H3,(H,17,18). The molecular weight excluding hydrogens is 258 g/mol. The minimum absolute atomic E-state index is 0.0739. The van der Waals surface area contributed by atoms with Crippen LogP contribution in [0.3, 0.4) is 0 Å². The number of nitrogens with zero attached hydrogens (tertiary/aromatic N) is 2. The number of carbonyl (C=O) groups excluding carboxylic acids is 2. The molecule has 0 saturated heterocycles. The number of amides is 1. The van der Waals surface area contributed by atoms with Crippen LogP contribution in [0.15, 0.2) is 34.3 Å². The molecule has 1 amide bonds. The fraction of sp³-hybridized carbons (Fsp3) is 0.429. The van der Waals surface area contributed by atoms with E-state index in [4.69, 9.17) is 0 Å². The fourth-order valence-corrected chi connectivity index (χ4v) is 1.94. The van der Waals surface area contributed by atoms with E-state index in [1.807, 2.05) is 26.0 Å². The van der Waals surface area contributed by atoms with E-state index < -0.39 is 24.1 Å². The maximum absolute atomic E-state index is 12.1. The van der Waals surface area contributed by atoms with Gasteiger partial charge in [-0.05, 0) is 18.1 Å². The van der Waals surface area contributed by atoms with Crippen LogP contribution in [0.5, 0.6) is 0 Å². The molecule has 0 bridgehead atoms. The second-order valence-electron chi connectivity index (χ2n) is 4.87. The van der Waals surface area contributed by atoms with Crippen molar-refractivity contribution in [1.29, 1.82) is 0 Å². The molecule has 106 valence electrons. The van der Waals surface area contributed by atoms with Crippen molar-refractivity contribution in [2.24, 2.45) is 15.9 Å². The predicted molar refractivity (Wildman–Crippen MR) is 71.3 cm³/mol. The van der Waals surface area contributed by atoms with Crippen LogP contribution in [0.1, 0.15) is 13.8 Å². The highest BCUT2D eigenvalue weighted by Gasteiger charge is 2.28. The first-order valence-electron chi connectivity index (χ1n) is 6.42. The van der Waals surface area contributed by atoms with Gasteiger partial charge in [-0.1, -0.05) is 26.0 Å². The average molecular weight is 275 g/mol. The summed E-state index contributed by atoms with van der Waals surface area (Å²) in [6.07, 6.45) is -0.835. The van der Waals surface area contributed by atoms with Gasteiger partial charge in [0.05, 0.1) is 17.8 Å². The Morgan fingerprint density at radius 3 is 2.20 bits per heavy atom. The molecule has 0 aromatic heterocycles. The van der Waals surface area contributed by atoms with E-state index in [-0.39, 0.29) is 5.92 Å². The third kappa shape index (κ3) is 2.84. The lowest BCUT2D eigenvalue weighted by molar-refractivity contribution is -0.146. The highest BCUT2D eigenvalue weighted by Crippen LogP contribution is 2.05. The Labute approximate surface area is 116 Å². The number of ether oxygens (including phenoxy) is 1. The molecular formula is C14H17N3O3. The zero-order valence-corrected chi connectivity index (χ0v) is 11.7. The van der Waals surface area contributed by atoms with Crippen LogP contribution in [-0.4, -0.2) is 31.2 Å². The van der Waals surface area contributed by atoms with Gasteiger partial charge in [0.15, 0.2) is 0 Å². The fourth-order valence-electron chi connectivity index (χ4n) is 1.94. The van der Waals surface area contributed by atoms with Crippen LogP contribution in [0.4, 0.5) is 0 Å². The molecule has 1 aliphatic rings.